The van der Waals surface area contributed by atoms with Crippen LogP contribution in [0.15, 0.2) is 16.7 Å². The van der Waals surface area contributed by atoms with Crippen molar-refractivity contribution >= 4 is 21.7 Å². The maximum atomic E-state index is 13.2. The van der Waals surface area contributed by atoms with E-state index in [0.717, 1.165) is 24.4 Å². The van der Waals surface area contributed by atoms with Gasteiger partial charge in [-0.2, -0.15) is 26.3 Å². The predicted octanol–water partition coefficient (Wildman–Crippen LogP) is 5.56. The molecular formula is C14H15BrF6N2. The van der Waals surface area contributed by atoms with Gasteiger partial charge in [-0.05, 0) is 55.1 Å². The standard InChI is InChI=1S/C14H15BrF6N2/c1-8(13(16,17)18)23(12(2)4-3-5-12)11-6-9(14(19,20)21)10(15)7-22-11/h6-8H,3-5H2,1-2H3. The van der Waals surface area contributed by atoms with Gasteiger partial charge in [0.15, 0.2) is 0 Å². The van der Waals surface area contributed by atoms with Crippen LogP contribution >= 0.6 is 15.9 Å². The maximum absolute atomic E-state index is 13.2. The first-order valence-electron chi connectivity index (χ1n) is 6.95. The molecule has 0 radical (unpaired) electrons. The lowest BCUT2D eigenvalue weighted by atomic mass is 9.76. The van der Waals surface area contributed by atoms with Crippen molar-refractivity contribution in [2.45, 2.75) is 57.0 Å². The molecule has 0 aromatic carbocycles. The van der Waals surface area contributed by atoms with E-state index in [1.165, 1.54) is 0 Å². The molecular weight excluding hydrogens is 390 g/mol. The van der Waals surface area contributed by atoms with Crippen LogP contribution in [-0.4, -0.2) is 22.7 Å². The Kier molecular flexibility index (Phi) is 4.65. The van der Waals surface area contributed by atoms with Crippen LogP contribution in [0.25, 0.3) is 0 Å². The van der Waals surface area contributed by atoms with Crippen molar-refractivity contribution in [1.82, 2.24) is 4.98 Å². The number of rotatable bonds is 3. The van der Waals surface area contributed by atoms with Gasteiger partial charge >= 0.3 is 12.4 Å². The zero-order valence-electron chi connectivity index (χ0n) is 12.4. The van der Waals surface area contributed by atoms with E-state index in [1.807, 2.05) is 0 Å². The number of halogens is 7. The number of nitrogens with zero attached hydrogens (tertiary/aromatic N) is 2. The lowest BCUT2D eigenvalue weighted by molar-refractivity contribution is -0.149. The third-order valence-electron chi connectivity index (χ3n) is 4.27. The summed E-state index contributed by atoms with van der Waals surface area (Å²) >= 11 is 2.75. The van der Waals surface area contributed by atoms with Crippen molar-refractivity contribution in [2.75, 3.05) is 4.90 Å². The minimum atomic E-state index is -4.68. The number of hydrogen-bond donors (Lipinski definition) is 0. The summed E-state index contributed by atoms with van der Waals surface area (Å²) in [6, 6.07) is -1.25. The number of anilines is 1. The highest BCUT2D eigenvalue weighted by molar-refractivity contribution is 9.10. The molecule has 0 N–H and O–H groups in total. The van der Waals surface area contributed by atoms with Crippen LogP contribution < -0.4 is 4.90 Å². The molecule has 130 valence electrons. The summed E-state index contributed by atoms with van der Waals surface area (Å²) in [6.45, 7) is 2.57. The summed E-state index contributed by atoms with van der Waals surface area (Å²) in [4.78, 5) is 4.78. The number of hydrogen-bond acceptors (Lipinski definition) is 2. The summed E-state index contributed by atoms with van der Waals surface area (Å²) in [7, 11) is 0. The Labute approximate surface area is 138 Å². The van der Waals surface area contributed by atoms with E-state index >= 15 is 0 Å². The monoisotopic (exact) mass is 404 g/mol. The Bertz CT molecular complexity index is 580. The average molecular weight is 405 g/mol. The highest BCUT2D eigenvalue weighted by Gasteiger charge is 2.50. The summed E-state index contributed by atoms with van der Waals surface area (Å²) in [5.74, 6) is -0.312. The van der Waals surface area contributed by atoms with Crippen molar-refractivity contribution in [1.29, 1.82) is 0 Å². The second kappa shape index (κ2) is 5.82. The van der Waals surface area contributed by atoms with Crippen molar-refractivity contribution < 1.29 is 26.3 Å². The molecule has 2 nitrogen and oxygen atoms in total. The van der Waals surface area contributed by atoms with E-state index in [1.54, 1.807) is 6.92 Å². The van der Waals surface area contributed by atoms with E-state index in [-0.39, 0.29) is 10.3 Å². The molecule has 1 aromatic rings. The number of alkyl halides is 6. The van der Waals surface area contributed by atoms with Crippen LogP contribution in [0.1, 0.15) is 38.7 Å². The minimum Gasteiger partial charge on any atom is -0.339 e. The third-order valence-corrected chi connectivity index (χ3v) is 4.90. The molecule has 1 aromatic heterocycles. The first-order valence-corrected chi connectivity index (χ1v) is 7.74. The van der Waals surface area contributed by atoms with Crippen LogP contribution in [0.5, 0.6) is 0 Å². The molecule has 1 aliphatic carbocycles. The van der Waals surface area contributed by atoms with Crippen LogP contribution in [0.4, 0.5) is 32.2 Å². The van der Waals surface area contributed by atoms with Crippen molar-refractivity contribution in [2.24, 2.45) is 0 Å². The molecule has 0 aliphatic heterocycles. The Morgan fingerprint density at radius 1 is 1.22 bits per heavy atom. The molecule has 0 spiro atoms. The molecule has 1 fully saturated rings. The zero-order valence-corrected chi connectivity index (χ0v) is 14.0. The van der Waals surface area contributed by atoms with Gasteiger partial charge in [-0.25, -0.2) is 4.98 Å². The lowest BCUT2D eigenvalue weighted by Crippen LogP contribution is -2.59. The summed E-state index contributed by atoms with van der Waals surface area (Å²) < 4.78 is 78.3. The smallest absolute Gasteiger partial charge is 0.339 e. The normalized spacial score (nSPS) is 19.2. The van der Waals surface area contributed by atoms with Gasteiger partial charge < -0.3 is 4.90 Å². The van der Waals surface area contributed by atoms with E-state index in [4.69, 9.17) is 0 Å². The van der Waals surface area contributed by atoms with Crippen molar-refractivity contribution in [3.8, 4) is 0 Å². The molecule has 0 bridgehead atoms. The molecule has 1 aliphatic rings. The third kappa shape index (κ3) is 3.59. The van der Waals surface area contributed by atoms with Gasteiger partial charge in [0.1, 0.15) is 11.9 Å². The molecule has 0 amide bonds. The predicted molar refractivity (Wildman–Crippen MR) is 77.2 cm³/mol. The topological polar surface area (TPSA) is 16.1 Å². The molecule has 1 unspecified atom stereocenters. The van der Waals surface area contributed by atoms with E-state index in [2.05, 4.69) is 20.9 Å². The number of aromatic nitrogens is 1. The van der Waals surface area contributed by atoms with Gasteiger partial charge in [0.2, 0.25) is 0 Å². The summed E-state index contributed by atoms with van der Waals surface area (Å²) in [5.41, 5.74) is -1.89. The van der Waals surface area contributed by atoms with Crippen LogP contribution in [0.2, 0.25) is 0 Å². The fraction of sp³-hybridized carbons (Fsp3) is 0.643. The van der Waals surface area contributed by atoms with Gasteiger partial charge in [-0.1, -0.05) is 0 Å². The van der Waals surface area contributed by atoms with Gasteiger partial charge in [0.05, 0.1) is 5.56 Å². The van der Waals surface area contributed by atoms with Gasteiger partial charge in [-0.3, -0.25) is 0 Å². The van der Waals surface area contributed by atoms with E-state index < -0.39 is 29.5 Å². The molecule has 0 saturated heterocycles. The second-order valence-electron chi connectivity index (χ2n) is 5.96. The molecule has 1 heterocycles. The molecule has 23 heavy (non-hydrogen) atoms. The summed E-state index contributed by atoms with van der Waals surface area (Å²) in [6.07, 6.45) is -6.65. The van der Waals surface area contributed by atoms with E-state index in [0.29, 0.717) is 18.9 Å². The average Bonchev–Trinajstić information content (AvgIpc) is 2.36. The fourth-order valence-electron chi connectivity index (χ4n) is 2.79. The second-order valence-corrected chi connectivity index (χ2v) is 6.81. The van der Waals surface area contributed by atoms with Crippen LogP contribution in [0.3, 0.4) is 0 Å². The maximum Gasteiger partial charge on any atom is 0.417 e. The van der Waals surface area contributed by atoms with Crippen molar-refractivity contribution in [3.05, 3.63) is 22.3 Å². The quantitative estimate of drug-likeness (QED) is 0.612. The van der Waals surface area contributed by atoms with Gasteiger partial charge in [0.25, 0.3) is 0 Å². The Balaban J connectivity index is 2.52. The molecule has 1 saturated carbocycles. The highest BCUT2D eigenvalue weighted by Crippen LogP contribution is 2.45. The zero-order chi connectivity index (χ0) is 17.6. The van der Waals surface area contributed by atoms with Crippen LogP contribution in [-0.2, 0) is 6.18 Å². The number of pyridine rings is 1. The molecule has 9 heteroatoms. The van der Waals surface area contributed by atoms with Crippen LogP contribution in [0, 0.1) is 0 Å². The van der Waals surface area contributed by atoms with Crippen molar-refractivity contribution in [3.63, 3.8) is 0 Å². The Morgan fingerprint density at radius 3 is 2.17 bits per heavy atom. The lowest BCUT2D eigenvalue weighted by Gasteiger charge is -2.51. The molecule has 1 atom stereocenters. The summed E-state index contributed by atoms with van der Waals surface area (Å²) in [5, 5.41) is 0. The largest absolute Gasteiger partial charge is 0.417 e. The first-order chi connectivity index (χ1) is 10.4. The highest BCUT2D eigenvalue weighted by atomic mass is 79.9. The molecule has 2 rings (SSSR count). The van der Waals surface area contributed by atoms with E-state index in [9.17, 15) is 26.3 Å². The SMILES string of the molecule is CC(N(c1cc(C(F)(F)F)c(Br)cn1)C1(C)CCC1)C(F)(F)F. The van der Waals surface area contributed by atoms with Gasteiger partial charge in [-0.15, -0.1) is 0 Å². The minimum absolute atomic E-state index is 0.299. The Morgan fingerprint density at radius 2 is 1.78 bits per heavy atom. The van der Waals surface area contributed by atoms with Gasteiger partial charge in [0, 0.05) is 16.2 Å². The Hall–Kier alpha value is -0.990. The fourth-order valence-corrected chi connectivity index (χ4v) is 3.24. The first kappa shape index (κ1) is 18.4.